The van der Waals surface area contributed by atoms with E-state index in [-0.39, 0.29) is 0 Å². The number of nitrogens with zero attached hydrogens (tertiary/aromatic N) is 1. The number of H-pyrrole nitrogens is 1. The molecule has 0 spiro atoms. The molecule has 1 heterocycles. The van der Waals surface area contributed by atoms with E-state index in [1.807, 2.05) is 12.3 Å². The third kappa shape index (κ3) is 1.25. The molecule has 50 valence electrons. The smallest absolute Gasteiger partial charge is 0.105 e. The van der Waals surface area contributed by atoms with Crippen molar-refractivity contribution in [3.63, 3.8) is 0 Å². The molecule has 2 heteroatoms. The molecule has 0 aromatic carbocycles. The topological polar surface area (TPSA) is 19.0 Å². The number of hydrogen-bond acceptors (Lipinski definition) is 1. The van der Waals surface area contributed by atoms with Gasteiger partial charge in [-0.3, -0.25) is 0 Å². The van der Waals surface area contributed by atoms with Crippen molar-refractivity contribution in [2.45, 2.75) is 6.92 Å². The number of aromatic nitrogens is 1. The van der Waals surface area contributed by atoms with Crippen LogP contribution in [-0.4, -0.2) is 18.6 Å². The molecule has 0 unspecified atom stereocenters. The maximum Gasteiger partial charge on any atom is 0.105 e. The maximum atomic E-state index is 3.11. The third-order valence-corrected chi connectivity index (χ3v) is 1.47. The Balaban J connectivity index is 2.65. The standard InChI is InChI=1S/C7H12N2/c1-3-9(2)7-5-4-6-8-7/h4-6,8H,3H2,1-2H3. The second kappa shape index (κ2) is 2.58. The molecule has 0 saturated heterocycles. The van der Waals surface area contributed by atoms with Crippen LogP contribution in [-0.2, 0) is 0 Å². The first kappa shape index (κ1) is 6.20. The molecule has 0 saturated carbocycles. The molecule has 1 N–H and O–H groups in total. The molecular formula is C7H12N2. The van der Waals surface area contributed by atoms with Gasteiger partial charge in [0.05, 0.1) is 0 Å². The minimum atomic E-state index is 1.04. The molecule has 0 radical (unpaired) electrons. The maximum absolute atomic E-state index is 3.11. The molecule has 2 nitrogen and oxygen atoms in total. The monoisotopic (exact) mass is 124 g/mol. The van der Waals surface area contributed by atoms with Crippen LogP contribution in [0.3, 0.4) is 0 Å². The van der Waals surface area contributed by atoms with Crippen LogP contribution in [0, 0.1) is 0 Å². The van der Waals surface area contributed by atoms with Gasteiger partial charge in [-0.1, -0.05) is 0 Å². The SMILES string of the molecule is CCN(C)c1ccc[nH]1. The van der Waals surface area contributed by atoms with Crippen LogP contribution in [0.2, 0.25) is 0 Å². The minimum absolute atomic E-state index is 1.04. The molecule has 9 heavy (non-hydrogen) atoms. The summed E-state index contributed by atoms with van der Waals surface area (Å²) in [6.45, 7) is 3.17. The van der Waals surface area contributed by atoms with Crippen molar-refractivity contribution in [2.75, 3.05) is 18.5 Å². The molecule has 0 aliphatic rings. The minimum Gasteiger partial charge on any atom is -0.362 e. The van der Waals surface area contributed by atoms with Gasteiger partial charge in [0.25, 0.3) is 0 Å². The van der Waals surface area contributed by atoms with Crippen molar-refractivity contribution < 1.29 is 0 Å². The summed E-state index contributed by atoms with van der Waals surface area (Å²) < 4.78 is 0. The molecule has 0 bridgehead atoms. The predicted molar refractivity (Wildman–Crippen MR) is 39.7 cm³/mol. The van der Waals surface area contributed by atoms with Crippen LogP contribution in [0.1, 0.15) is 6.92 Å². The van der Waals surface area contributed by atoms with Gasteiger partial charge in [0.15, 0.2) is 0 Å². The Bertz CT molecular complexity index is 155. The molecule has 0 amide bonds. The Morgan fingerprint density at radius 3 is 2.89 bits per heavy atom. The van der Waals surface area contributed by atoms with Gasteiger partial charge in [0.2, 0.25) is 0 Å². The summed E-state index contributed by atoms with van der Waals surface area (Å²) in [7, 11) is 2.06. The zero-order chi connectivity index (χ0) is 6.69. The van der Waals surface area contributed by atoms with Gasteiger partial charge in [0, 0.05) is 19.8 Å². The fraction of sp³-hybridized carbons (Fsp3) is 0.429. The Hall–Kier alpha value is -0.920. The average Bonchev–Trinajstić information content (AvgIpc) is 2.37. The average molecular weight is 124 g/mol. The molecule has 0 aliphatic carbocycles. The van der Waals surface area contributed by atoms with Crippen LogP contribution in [0.4, 0.5) is 5.82 Å². The molecule has 0 aliphatic heterocycles. The zero-order valence-corrected chi connectivity index (χ0v) is 5.89. The lowest BCUT2D eigenvalue weighted by atomic mass is 10.5. The summed E-state index contributed by atoms with van der Waals surface area (Å²) in [4.78, 5) is 5.27. The van der Waals surface area contributed by atoms with Gasteiger partial charge in [-0.2, -0.15) is 0 Å². The largest absolute Gasteiger partial charge is 0.362 e. The van der Waals surface area contributed by atoms with Crippen LogP contribution in [0.25, 0.3) is 0 Å². The van der Waals surface area contributed by atoms with E-state index < -0.39 is 0 Å². The van der Waals surface area contributed by atoms with E-state index in [9.17, 15) is 0 Å². The fourth-order valence-electron chi connectivity index (χ4n) is 0.729. The summed E-state index contributed by atoms with van der Waals surface area (Å²) in [5, 5.41) is 0. The quantitative estimate of drug-likeness (QED) is 0.632. The van der Waals surface area contributed by atoms with Crippen molar-refractivity contribution in [1.82, 2.24) is 4.98 Å². The van der Waals surface area contributed by atoms with Gasteiger partial charge in [0.1, 0.15) is 5.82 Å². The van der Waals surface area contributed by atoms with Crippen molar-refractivity contribution in [3.8, 4) is 0 Å². The van der Waals surface area contributed by atoms with E-state index in [1.54, 1.807) is 0 Å². The highest BCUT2D eigenvalue weighted by atomic mass is 15.1. The van der Waals surface area contributed by atoms with Crippen LogP contribution in [0.15, 0.2) is 18.3 Å². The predicted octanol–water partition coefficient (Wildman–Crippen LogP) is 1.47. The van der Waals surface area contributed by atoms with Gasteiger partial charge in [-0.05, 0) is 19.1 Å². The van der Waals surface area contributed by atoms with Crippen molar-refractivity contribution in [2.24, 2.45) is 0 Å². The second-order valence-corrected chi connectivity index (χ2v) is 2.07. The number of nitrogens with one attached hydrogen (secondary N) is 1. The normalized spacial score (nSPS) is 9.56. The summed E-state index contributed by atoms with van der Waals surface area (Å²) >= 11 is 0. The molecule has 1 aromatic heterocycles. The van der Waals surface area contributed by atoms with E-state index in [0.29, 0.717) is 0 Å². The van der Waals surface area contributed by atoms with Gasteiger partial charge >= 0.3 is 0 Å². The summed E-state index contributed by atoms with van der Waals surface area (Å²) in [5.41, 5.74) is 0. The lowest BCUT2D eigenvalue weighted by Gasteiger charge is -2.12. The van der Waals surface area contributed by atoms with E-state index in [0.717, 1.165) is 6.54 Å². The summed E-state index contributed by atoms with van der Waals surface area (Å²) in [6.07, 6.45) is 1.93. The number of hydrogen-bond donors (Lipinski definition) is 1. The third-order valence-electron chi connectivity index (χ3n) is 1.47. The lowest BCUT2D eigenvalue weighted by Crippen LogP contribution is -2.15. The Morgan fingerprint density at radius 2 is 2.44 bits per heavy atom. The van der Waals surface area contributed by atoms with Gasteiger partial charge in [-0.15, -0.1) is 0 Å². The van der Waals surface area contributed by atoms with Gasteiger partial charge in [-0.25, -0.2) is 0 Å². The first-order valence-corrected chi connectivity index (χ1v) is 3.19. The first-order valence-electron chi connectivity index (χ1n) is 3.19. The molecule has 0 atom stereocenters. The van der Waals surface area contributed by atoms with Gasteiger partial charge < -0.3 is 9.88 Å². The second-order valence-electron chi connectivity index (χ2n) is 2.07. The molecular weight excluding hydrogens is 112 g/mol. The summed E-state index contributed by atoms with van der Waals surface area (Å²) in [5.74, 6) is 1.18. The number of rotatable bonds is 2. The first-order chi connectivity index (χ1) is 4.34. The zero-order valence-electron chi connectivity index (χ0n) is 5.89. The van der Waals surface area contributed by atoms with E-state index in [1.165, 1.54) is 5.82 Å². The highest BCUT2D eigenvalue weighted by molar-refractivity contribution is 5.36. The van der Waals surface area contributed by atoms with Crippen molar-refractivity contribution in [3.05, 3.63) is 18.3 Å². The number of aromatic amines is 1. The Morgan fingerprint density at radius 1 is 1.67 bits per heavy atom. The highest BCUT2D eigenvalue weighted by Crippen LogP contribution is 2.05. The van der Waals surface area contributed by atoms with E-state index in [4.69, 9.17) is 0 Å². The Kier molecular flexibility index (Phi) is 1.78. The highest BCUT2D eigenvalue weighted by Gasteiger charge is 1.93. The molecule has 0 fully saturated rings. The van der Waals surface area contributed by atoms with Crippen LogP contribution < -0.4 is 4.90 Å². The molecule has 1 aromatic rings. The lowest BCUT2D eigenvalue weighted by molar-refractivity contribution is 0.946. The van der Waals surface area contributed by atoms with Crippen molar-refractivity contribution >= 4 is 5.82 Å². The van der Waals surface area contributed by atoms with E-state index >= 15 is 0 Å². The number of anilines is 1. The van der Waals surface area contributed by atoms with Crippen LogP contribution >= 0.6 is 0 Å². The fourth-order valence-corrected chi connectivity index (χ4v) is 0.729. The summed E-state index contributed by atoms with van der Waals surface area (Å²) in [6, 6.07) is 4.06. The van der Waals surface area contributed by atoms with Crippen LogP contribution in [0.5, 0.6) is 0 Å². The van der Waals surface area contributed by atoms with E-state index in [2.05, 4.69) is 29.9 Å². The Labute approximate surface area is 55.5 Å². The van der Waals surface area contributed by atoms with Crippen molar-refractivity contribution in [1.29, 1.82) is 0 Å². The molecule has 1 rings (SSSR count).